The number of hydrogen-bond acceptors (Lipinski definition) is 4. The predicted octanol–water partition coefficient (Wildman–Crippen LogP) is 2.37. The van der Waals surface area contributed by atoms with E-state index in [1.54, 1.807) is 6.07 Å². The van der Waals surface area contributed by atoms with E-state index in [0.717, 1.165) is 18.8 Å². The summed E-state index contributed by atoms with van der Waals surface area (Å²) in [5.41, 5.74) is 1.80. The minimum Gasteiger partial charge on any atom is -0.411 e. The average molecular weight is 261 g/mol. The van der Waals surface area contributed by atoms with E-state index in [1.807, 2.05) is 13.0 Å². The molecule has 19 heavy (non-hydrogen) atoms. The van der Waals surface area contributed by atoms with Gasteiger partial charge in [0.1, 0.15) is 5.82 Å². The number of hydrogen-bond donors (Lipinski definition) is 1. The summed E-state index contributed by atoms with van der Waals surface area (Å²) in [6.45, 7) is 3.93. The van der Waals surface area contributed by atoms with Gasteiger partial charge in [0.15, 0.2) is 0 Å². The fourth-order valence-corrected chi connectivity index (χ4v) is 2.40. The molecule has 1 saturated heterocycles. The van der Waals surface area contributed by atoms with Crippen LogP contribution in [0.15, 0.2) is 23.4 Å². The molecule has 1 N–H and O–H groups in total. The van der Waals surface area contributed by atoms with Gasteiger partial charge in [0.05, 0.1) is 17.3 Å². The van der Waals surface area contributed by atoms with E-state index in [-0.39, 0.29) is 11.7 Å². The molecule has 5 heteroatoms. The lowest BCUT2D eigenvalue weighted by molar-refractivity contribution is 0.226. The van der Waals surface area contributed by atoms with Crippen molar-refractivity contribution in [2.75, 3.05) is 13.1 Å². The van der Waals surface area contributed by atoms with Crippen molar-refractivity contribution in [1.29, 1.82) is 5.26 Å². The summed E-state index contributed by atoms with van der Waals surface area (Å²) < 4.78 is 13.7. The van der Waals surface area contributed by atoms with Crippen LogP contribution in [-0.2, 0) is 6.54 Å². The third-order valence-corrected chi connectivity index (χ3v) is 3.48. The zero-order valence-corrected chi connectivity index (χ0v) is 10.8. The van der Waals surface area contributed by atoms with Crippen molar-refractivity contribution in [1.82, 2.24) is 4.90 Å². The van der Waals surface area contributed by atoms with Crippen LogP contribution in [0.2, 0.25) is 0 Å². The molecule has 1 atom stereocenters. The second kappa shape index (κ2) is 5.81. The summed E-state index contributed by atoms with van der Waals surface area (Å²) in [6, 6.07) is 6.43. The smallest absolute Gasteiger partial charge is 0.127 e. The Bertz CT molecular complexity index is 536. The van der Waals surface area contributed by atoms with Crippen LogP contribution in [-0.4, -0.2) is 28.9 Å². The molecule has 0 spiro atoms. The molecule has 1 heterocycles. The van der Waals surface area contributed by atoms with Gasteiger partial charge in [0, 0.05) is 37.5 Å². The zero-order chi connectivity index (χ0) is 13.8. The van der Waals surface area contributed by atoms with Crippen molar-refractivity contribution < 1.29 is 9.60 Å². The molecule has 2 rings (SSSR count). The Morgan fingerprint density at radius 2 is 2.37 bits per heavy atom. The van der Waals surface area contributed by atoms with Crippen molar-refractivity contribution in [2.24, 2.45) is 11.1 Å². The summed E-state index contributed by atoms with van der Waals surface area (Å²) >= 11 is 0. The zero-order valence-electron chi connectivity index (χ0n) is 10.8. The maximum Gasteiger partial charge on any atom is 0.127 e. The summed E-state index contributed by atoms with van der Waals surface area (Å²) in [7, 11) is 0. The van der Waals surface area contributed by atoms with Crippen LogP contribution in [0.1, 0.15) is 24.5 Å². The van der Waals surface area contributed by atoms with E-state index < -0.39 is 0 Å². The van der Waals surface area contributed by atoms with Gasteiger partial charge in [0.2, 0.25) is 0 Å². The third kappa shape index (κ3) is 3.09. The van der Waals surface area contributed by atoms with Crippen molar-refractivity contribution in [3.63, 3.8) is 0 Å². The summed E-state index contributed by atoms with van der Waals surface area (Å²) in [6.07, 6.45) is 0.692. The van der Waals surface area contributed by atoms with E-state index in [4.69, 9.17) is 10.5 Å². The number of nitrogens with zero attached hydrogens (tertiary/aromatic N) is 3. The first-order chi connectivity index (χ1) is 9.13. The quantitative estimate of drug-likeness (QED) is 0.656. The van der Waals surface area contributed by atoms with Crippen LogP contribution in [0.25, 0.3) is 0 Å². The Balaban J connectivity index is 2.08. The SMILES string of the molecule is CC1CN(Cc2cc(C#N)ccc2F)CC/C1=N\O. The van der Waals surface area contributed by atoms with Gasteiger partial charge in [-0.15, -0.1) is 0 Å². The van der Waals surface area contributed by atoms with E-state index in [9.17, 15) is 4.39 Å². The van der Waals surface area contributed by atoms with Crippen LogP contribution in [0, 0.1) is 23.1 Å². The number of likely N-dealkylation sites (tertiary alicyclic amines) is 1. The molecular formula is C14H16FN3O. The Hall–Kier alpha value is -1.93. The van der Waals surface area contributed by atoms with Gasteiger partial charge < -0.3 is 5.21 Å². The van der Waals surface area contributed by atoms with Crippen molar-refractivity contribution >= 4 is 5.71 Å². The predicted molar refractivity (Wildman–Crippen MR) is 69.4 cm³/mol. The van der Waals surface area contributed by atoms with Gasteiger partial charge in [-0.25, -0.2) is 4.39 Å². The molecule has 0 aromatic heterocycles. The fraction of sp³-hybridized carbons (Fsp3) is 0.429. The lowest BCUT2D eigenvalue weighted by Crippen LogP contribution is -2.39. The van der Waals surface area contributed by atoms with Gasteiger partial charge in [-0.1, -0.05) is 12.1 Å². The minimum atomic E-state index is -0.284. The lowest BCUT2D eigenvalue weighted by atomic mass is 9.97. The molecule has 1 unspecified atom stereocenters. The van der Waals surface area contributed by atoms with Gasteiger partial charge >= 0.3 is 0 Å². The number of nitriles is 1. The molecule has 1 aliphatic heterocycles. The minimum absolute atomic E-state index is 0.168. The number of piperidine rings is 1. The van der Waals surface area contributed by atoms with Gasteiger partial charge in [-0.2, -0.15) is 5.26 Å². The first-order valence-electron chi connectivity index (χ1n) is 6.25. The second-order valence-corrected chi connectivity index (χ2v) is 4.90. The van der Waals surface area contributed by atoms with E-state index in [1.165, 1.54) is 12.1 Å². The largest absolute Gasteiger partial charge is 0.411 e. The molecule has 0 radical (unpaired) electrons. The standard InChI is InChI=1S/C14H16FN3O/c1-10-8-18(5-4-14(10)17-19)9-12-6-11(7-16)2-3-13(12)15/h2-3,6,10,19H,4-5,8-9H2,1H3/b17-14+. The Morgan fingerprint density at radius 1 is 1.58 bits per heavy atom. The van der Waals surface area contributed by atoms with Crippen LogP contribution < -0.4 is 0 Å². The molecule has 0 bridgehead atoms. The average Bonchev–Trinajstić information content (AvgIpc) is 2.41. The first-order valence-corrected chi connectivity index (χ1v) is 6.25. The Morgan fingerprint density at radius 3 is 3.00 bits per heavy atom. The molecule has 1 fully saturated rings. The van der Waals surface area contributed by atoms with E-state index >= 15 is 0 Å². The van der Waals surface area contributed by atoms with Gasteiger partial charge in [-0.3, -0.25) is 4.90 Å². The molecule has 0 aliphatic carbocycles. The summed E-state index contributed by atoms with van der Waals surface area (Å²) in [4.78, 5) is 2.11. The highest BCUT2D eigenvalue weighted by atomic mass is 19.1. The number of rotatable bonds is 2. The van der Waals surface area contributed by atoms with E-state index in [2.05, 4.69) is 10.1 Å². The van der Waals surface area contributed by atoms with Crippen LogP contribution in [0.4, 0.5) is 4.39 Å². The highest BCUT2D eigenvalue weighted by Gasteiger charge is 2.23. The topological polar surface area (TPSA) is 59.6 Å². The fourth-order valence-electron chi connectivity index (χ4n) is 2.40. The molecule has 0 amide bonds. The highest BCUT2D eigenvalue weighted by Crippen LogP contribution is 2.18. The van der Waals surface area contributed by atoms with E-state index in [0.29, 0.717) is 24.1 Å². The van der Waals surface area contributed by atoms with Gasteiger partial charge in [0.25, 0.3) is 0 Å². The number of halogens is 1. The third-order valence-electron chi connectivity index (χ3n) is 3.48. The lowest BCUT2D eigenvalue weighted by Gasteiger charge is -2.31. The molecular weight excluding hydrogens is 245 g/mol. The van der Waals surface area contributed by atoms with Crippen LogP contribution in [0.3, 0.4) is 0 Å². The molecule has 1 aromatic carbocycles. The summed E-state index contributed by atoms with van der Waals surface area (Å²) in [5, 5.41) is 20.9. The number of benzene rings is 1. The van der Waals surface area contributed by atoms with Crippen molar-refractivity contribution in [2.45, 2.75) is 19.9 Å². The maximum atomic E-state index is 13.7. The number of oxime groups is 1. The summed E-state index contributed by atoms with van der Waals surface area (Å²) in [5.74, 6) is -0.116. The Kier molecular flexibility index (Phi) is 4.13. The highest BCUT2D eigenvalue weighted by molar-refractivity contribution is 5.86. The molecule has 1 aromatic rings. The van der Waals surface area contributed by atoms with Crippen LogP contribution >= 0.6 is 0 Å². The molecule has 100 valence electrons. The van der Waals surface area contributed by atoms with Crippen LogP contribution in [0.5, 0.6) is 0 Å². The van der Waals surface area contributed by atoms with Crippen molar-refractivity contribution in [3.8, 4) is 6.07 Å². The molecule has 0 saturated carbocycles. The Labute approximate surface area is 111 Å². The maximum absolute atomic E-state index is 13.7. The monoisotopic (exact) mass is 261 g/mol. The van der Waals surface area contributed by atoms with Crippen molar-refractivity contribution in [3.05, 3.63) is 35.1 Å². The normalized spacial score (nSPS) is 22.4. The second-order valence-electron chi connectivity index (χ2n) is 4.90. The molecule has 4 nitrogen and oxygen atoms in total. The molecule has 1 aliphatic rings. The van der Waals surface area contributed by atoms with Gasteiger partial charge in [-0.05, 0) is 18.2 Å². The first kappa shape index (κ1) is 13.5.